The highest BCUT2D eigenvalue weighted by Gasteiger charge is 2.31. The average molecular weight is 413 g/mol. The predicted molar refractivity (Wildman–Crippen MR) is 111 cm³/mol. The number of amides is 1. The average Bonchev–Trinajstić information content (AvgIpc) is 3.14. The number of aromatic nitrogens is 1. The van der Waals surface area contributed by atoms with Gasteiger partial charge in [0.15, 0.2) is 16.6 Å². The van der Waals surface area contributed by atoms with Crippen molar-refractivity contribution in [3.63, 3.8) is 0 Å². The minimum atomic E-state index is -0.609. The number of hydrogen-bond donors (Lipinski definition) is 0. The Morgan fingerprint density at radius 3 is 2.52 bits per heavy atom. The first-order valence-corrected chi connectivity index (χ1v) is 9.65. The lowest BCUT2D eigenvalue weighted by Crippen LogP contribution is -2.26. The molecule has 8 nitrogen and oxygen atoms in total. The van der Waals surface area contributed by atoms with Gasteiger partial charge in [-0.2, -0.15) is 0 Å². The molecule has 0 aliphatic carbocycles. The van der Waals surface area contributed by atoms with Crippen LogP contribution in [-0.2, 0) is 0 Å². The summed E-state index contributed by atoms with van der Waals surface area (Å²) in [7, 11) is 1.39. The maximum absolute atomic E-state index is 13.5. The Hall–Kier alpha value is -3.46. The van der Waals surface area contributed by atoms with E-state index in [2.05, 4.69) is 4.98 Å². The lowest BCUT2D eigenvalue weighted by atomic mass is 10.1. The molecule has 2 aromatic carbocycles. The lowest BCUT2D eigenvalue weighted by Gasteiger charge is -2.21. The molecule has 1 aromatic heterocycles. The molecule has 0 unspecified atom stereocenters. The minimum absolute atomic E-state index is 0.115. The second kappa shape index (κ2) is 8.70. The van der Waals surface area contributed by atoms with Gasteiger partial charge in [-0.3, -0.25) is 19.8 Å². The van der Waals surface area contributed by atoms with Crippen LogP contribution in [0.1, 0.15) is 23.0 Å². The summed E-state index contributed by atoms with van der Waals surface area (Å²) in [4.78, 5) is 30.4. The molecule has 0 atom stereocenters. The standard InChI is InChI=1S/C20H19N3O5S/c1-4-28-18-10-15(16(23(25)26)11-17(18)27-3)19(24)22(14-8-6-5-7-9-14)20-21-13(2)12-29-20/h5-12H,4H2,1-3H3. The van der Waals surface area contributed by atoms with E-state index in [-0.39, 0.29) is 22.7 Å². The Morgan fingerprint density at radius 2 is 1.97 bits per heavy atom. The van der Waals surface area contributed by atoms with Crippen LogP contribution in [0.25, 0.3) is 0 Å². The van der Waals surface area contributed by atoms with Crippen molar-refractivity contribution in [1.82, 2.24) is 4.98 Å². The molecule has 0 bridgehead atoms. The zero-order valence-electron chi connectivity index (χ0n) is 16.1. The van der Waals surface area contributed by atoms with Gasteiger partial charge in [-0.15, -0.1) is 11.3 Å². The Morgan fingerprint density at radius 1 is 1.24 bits per heavy atom. The molecule has 150 valence electrons. The Kier molecular flexibility index (Phi) is 6.08. The molecule has 0 fully saturated rings. The van der Waals surface area contributed by atoms with Gasteiger partial charge in [0, 0.05) is 11.4 Å². The van der Waals surface area contributed by atoms with Gasteiger partial charge in [0.05, 0.1) is 36.1 Å². The molecule has 9 heteroatoms. The van der Waals surface area contributed by atoms with Crippen molar-refractivity contribution in [2.45, 2.75) is 13.8 Å². The van der Waals surface area contributed by atoms with Gasteiger partial charge in [0.1, 0.15) is 5.56 Å². The third-order valence-electron chi connectivity index (χ3n) is 4.02. The largest absolute Gasteiger partial charge is 0.493 e. The Bertz CT molecular complexity index is 1040. The van der Waals surface area contributed by atoms with Gasteiger partial charge in [0.2, 0.25) is 0 Å². The van der Waals surface area contributed by atoms with Crippen molar-refractivity contribution >= 4 is 33.8 Å². The number of anilines is 2. The summed E-state index contributed by atoms with van der Waals surface area (Å²) < 4.78 is 10.7. The highest BCUT2D eigenvalue weighted by Crippen LogP contribution is 2.38. The van der Waals surface area contributed by atoms with E-state index in [1.54, 1.807) is 31.2 Å². The van der Waals surface area contributed by atoms with Gasteiger partial charge < -0.3 is 9.47 Å². The number of para-hydroxylation sites is 1. The second-order valence-electron chi connectivity index (χ2n) is 5.96. The normalized spacial score (nSPS) is 10.4. The SMILES string of the molecule is CCOc1cc(C(=O)N(c2ccccc2)c2nc(C)cs2)c([N+](=O)[O-])cc1OC. The van der Waals surface area contributed by atoms with Crippen LogP contribution in [0.4, 0.5) is 16.5 Å². The fraction of sp³-hybridized carbons (Fsp3) is 0.200. The first-order valence-electron chi connectivity index (χ1n) is 8.77. The number of methoxy groups -OCH3 is 1. The van der Waals surface area contributed by atoms with Gasteiger partial charge in [0.25, 0.3) is 11.6 Å². The van der Waals surface area contributed by atoms with Crippen LogP contribution in [-0.4, -0.2) is 29.5 Å². The van der Waals surface area contributed by atoms with E-state index < -0.39 is 10.8 Å². The van der Waals surface area contributed by atoms with Gasteiger partial charge in [-0.25, -0.2) is 4.98 Å². The molecule has 0 N–H and O–H groups in total. The monoisotopic (exact) mass is 413 g/mol. The number of nitro benzene ring substituents is 1. The number of carbonyl (C=O) groups excluding carboxylic acids is 1. The predicted octanol–water partition coefficient (Wildman–Crippen LogP) is 4.75. The summed E-state index contributed by atoms with van der Waals surface area (Å²) in [6.45, 7) is 3.91. The molecule has 0 saturated carbocycles. The number of thiazole rings is 1. The van der Waals surface area contributed by atoms with Crippen molar-refractivity contribution in [2.75, 3.05) is 18.6 Å². The van der Waals surface area contributed by atoms with Crippen LogP contribution in [0.15, 0.2) is 47.8 Å². The van der Waals surface area contributed by atoms with E-state index in [0.717, 1.165) is 5.69 Å². The third kappa shape index (κ3) is 4.19. The van der Waals surface area contributed by atoms with Crippen LogP contribution >= 0.6 is 11.3 Å². The number of benzene rings is 2. The summed E-state index contributed by atoms with van der Waals surface area (Å²) in [6.07, 6.45) is 0. The van der Waals surface area contributed by atoms with Gasteiger partial charge >= 0.3 is 0 Å². The van der Waals surface area contributed by atoms with Crippen LogP contribution in [0.5, 0.6) is 11.5 Å². The number of hydrogen-bond acceptors (Lipinski definition) is 7. The fourth-order valence-electron chi connectivity index (χ4n) is 2.76. The van der Waals surface area contributed by atoms with E-state index in [1.807, 2.05) is 18.4 Å². The summed E-state index contributed by atoms with van der Waals surface area (Å²) in [5, 5.41) is 13.9. The molecule has 0 aliphatic rings. The zero-order valence-corrected chi connectivity index (χ0v) is 16.9. The molecule has 0 aliphatic heterocycles. The maximum atomic E-state index is 13.5. The molecule has 0 spiro atoms. The smallest absolute Gasteiger partial charge is 0.286 e. The van der Waals surface area contributed by atoms with Crippen molar-refractivity contribution in [3.8, 4) is 11.5 Å². The Balaban J connectivity index is 2.19. The molecule has 1 heterocycles. The molecule has 0 radical (unpaired) electrons. The van der Waals surface area contributed by atoms with E-state index in [0.29, 0.717) is 17.4 Å². The number of rotatable bonds is 7. The van der Waals surface area contributed by atoms with E-state index in [4.69, 9.17) is 9.47 Å². The van der Waals surface area contributed by atoms with Crippen molar-refractivity contribution < 1.29 is 19.2 Å². The van der Waals surface area contributed by atoms with Crippen molar-refractivity contribution in [3.05, 3.63) is 69.2 Å². The topological polar surface area (TPSA) is 94.8 Å². The minimum Gasteiger partial charge on any atom is -0.493 e. The number of nitro groups is 1. The third-order valence-corrected chi connectivity index (χ3v) is 4.97. The summed E-state index contributed by atoms with van der Waals surface area (Å²) in [5.41, 5.74) is 0.813. The number of aryl methyl sites for hydroxylation is 1. The molecular formula is C20H19N3O5S. The second-order valence-corrected chi connectivity index (χ2v) is 6.79. The van der Waals surface area contributed by atoms with Crippen LogP contribution < -0.4 is 14.4 Å². The molecular weight excluding hydrogens is 394 g/mol. The molecule has 3 aromatic rings. The maximum Gasteiger partial charge on any atom is 0.286 e. The number of ether oxygens (including phenoxy) is 2. The van der Waals surface area contributed by atoms with Gasteiger partial charge in [-0.1, -0.05) is 18.2 Å². The van der Waals surface area contributed by atoms with E-state index >= 15 is 0 Å². The van der Waals surface area contributed by atoms with Crippen molar-refractivity contribution in [1.29, 1.82) is 0 Å². The van der Waals surface area contributed by atoms with Crippen LogP contribution in [0.3, 0.4) is 0 Å². The van der Waals surface area contributed by atoms with Gasteiger partial charge in [-0.05, 0) is 26.0 Å². The molecule has 0 saturated heterocycles. The van der Waals surface area contributed by atoms with Crippen molar-refractivity contribution in [2.24, 2.45) is 0 Å². The summed E-state index contributed by atoms with van der Waals surface area (Å²) in [5.74, 6) is -0.139. The molecule has 3 rings (SSSR count). The zero-order chi connectivity index (χ0) is 21.0. The molecule has 1 amide bonds. The van der Waals surface area contributed by atoms with Crippen LogP contribution in [0, 0.1) is 17.0 Å². The number of nitrogens with zero attached hydrogens (tertiary/aromatic N) is 3. The van der Waals surface area contributed by atoms with E-state index in [1.165, 1.54) is 35.5 Å². The first-order chi connectivity index (χ1) is 14.0. The lowest BCUT2D eigenvalue weighted by molar-refractivity contribution is -0.385. The number of carbonyl (C=O) groups is 1. The summed E-state index contributed by atoms with van der Waals surface area (Å²) in [6, 6.07) is 11.4. The highest BCUT2D eigenvalue weighted by atomic mass is 32.1. The molecule has 29 heavy (non-hydrogen) atoms. The highest BCUT2D eigenvalue weighted by molar-refractivity contribution is 7.14. The first kappa shape index (κ1) is 20.3. The Labute approximate surface area is 171 Å². The van der Waals surface area contributed by atoms with Crippen LogP contribution in [0.2, 0.25) is 0 Å². The fourth-order valence-corrected chi connectivity index (χ4v) is 3.57. The van der Waals surface area contributed by atoms with E-state index in [9.17, 15) is 14.9 Å². The quantitative estimate of drug-likeness (QED) is 0.410. The summed E-state index contributed by atoms with van der Waals surface area (Å²) >= 11 is 1.28.